The van der Waals surface area contributed by atoms with Gasteiger partial charge in [0.15, 0.2) is 11.5 Å². The van der Waals surface area contributed by atoms with Crippen molar-refractivity contribution >= 4 is 34.0 Å². The minimum atomic E-state index is -0.491. The SMILES string of the molecule is Oc1cc2c(Nc3ccc(F)c(Cl)c3)ncnc2cc1OC1CCC1. The number of nitrogens with zero attached hydrogens (tertiary/aromatic N) is 2. The second-order valence-electron chi connectivity index (χ2n) is 5.98. The van der Waals surface area contributed by atoms with Crippen molar-refractivity contribution in [1.29, 1.82) is 0 Å². The average molecular weight is 360 g/mol. The summed E-state index contributed by atoms with van der Waals surface area (Å²) in [6.07, 6.45) is 4.72. The topological polar surface area (TPSA) is 67.3 Å². The molecule has 0 spiro atoms. The van der Waals surface area contributed by atoms with E-state index in [0.717, 1.165) is 19.3 Å². The van der Waals surface area contributed by atoms with E-state index >= 15 is 0 Å². The molecule has 1 aliphatic carbocycles. The summed E-state index contributed by atoms with van der Waals surface area (Å²) < 4.78 is 19.1. The van der Waals surface area contributed by atoms with Gasteiger partial charge in [0.25, 0.3) is 0 Å². The molecule has 128 valence electrons. The Balaban J connectivity index is 1.69. The first kappa shape index (κ1) is 15.9. The fraction of sp³-hybridized carbons (Fsp3) is 0.222. The van der Waals surface area contributed by atoms with E-state index in [0.29, 0.717) is 28.2 Å². The molecule has 0 radical (unpaired) electrons. The Morgan fingerprint density at radius 3 is 2.76 bits per heavy atom. The van der Waals surface area contributed by atoms with Crippen molar-refractivity contribution in [1.82, 2.24) is 9.97 Å². The summed E-state index contributed by atoms with van der Waals surface area (Å²) in [6, 6.07) is 7.57. The summed E-state index contributed by atoms with van der Waals surface area (Å²) in [5.41, 5.74) is 1.22. The second-order valence-corrected chi connectivity index (χ2v) is 6.39. The molecule has 0 unspecified atom stereocenters. The number of hydrogen-bond acceptors (Lipinski definition) is 5. The standard InChI is InChI=1S/C18H15ClFN3O2/c19-13-6-10(4-5-14(13)20)23-18-12-7-16(24)17(25-11-2-1-3-11)8-15(12)21-9-22-18/h4-9,11,24H,1-3H2,(H,21,22,23). The summed E-state index contributed by atoms with van der Waals surface area (Å²) in [5.74, 6) is 0.453. The van der Waals surface area contributed by atoms with Gasteiger partial charge < -0.3 is 15.2 Å². The Morgan fingerprint density at radius 2 is 2.04 bits per heavy atom. The number of rotatable bonds is 4. The van der Waals surface area contributed by atoms with Crippen LogP contribution in [0.3, 0.4) is 0 Å². The zero-order chi connectivity index (χ0) is 17.4. The molecule has 1 saturated carbocycles. The Bertz CT molecular complexity index is 947. The Labute approximate surface area is 148 Å². The van der Waals surface area contributed by atoms with Gasteiger partial charge in [-0.1, -0.05) is 11.6 Å². The normalized spacial score (nSPS) is 14.3. The van der Waals surface area contributed by atoms with Gasteiger partial charge in [0.2, 0.25) is 0 Å². The molecule has 0 atom stereocenters. The van der Waals surface area contributed by atoms with E-state index in [1.165, 1.54) is 18.5 Å². The lowest BCUT2D eigenvalue weighted by Crippen LogP contribution is -2.24. The molecule has 1 aromatic heterocycles. The average Bonchev–Trinajstić information content (AvgIpc) is 2.55. The van der Waals surface area contributed by atoms with Gasteiger partial charge in [-0.3, -0.25) is 0 Å². The van der Waals surface area contributed by atoms with Gasteiger partial charge in [0.1, 0.15) is 18.0 Å². The molecule has 0 amide bonds. The van der Waals surface area contributed by atoms with Gasteiger partial charge in [-0.25, -0.2) is 14.4 Å². The minimum Gasteiger partial charge on any atom is -0.504 e. The van der Waals surface area contributed by atoms with Crippen molar-refractivity contribution in [3.63, 3.8) is 0 Å². The predicted molar refractivity (Wildman–Crippen MR) is 94.2 cm³/mol. The summed E-state index contributed by atoms with van der Waals surface area (Å²) in [4.78, 5) is 8.44. The van der Waals surface area contributed by atoms with Crippen molar-refractivity contribution in [2.45, 2.75) is 25.4 Å². The minimum absolute atomic E-state index is 0.0161. The van der Waals surface area contributed by atoms with Crippen LogP contribution in [0.25, 0.3) is 10.9 Å². The lowest BCUT2D eigenvalue weighted by Gasteiger charge is -2.26. The first-order valence-electron chi connectivity index (χ1n) is 7.96. The first-order valence-corrected chi connectivity index (χ1v) is 8.34. The maximum atomic E-state index is 13.3. The van der Waals surface area contributed by atoms with Crippen molar-refractivity contribution in [3.8, 4) is 11.5 Å². The van der Waals surface area contributed by atoms with Crippen LogP contribution in [-0.4, -0.2) is 21.2 Å². The fourth-order valence-electron chi connectivity index (χ4n) is 2.65. The predicted octanol–water partition coefficient (Wildman–Crippen LogP) is 4.80. The van der Waals surface area contributed by atoms with Crippen LogP contribution in [0.2, 0.25) is 5.02 Å². The molecule has 5 nitrogen and oxygen atoms in total. The maximum Gasteiger partial charge on any atom is 0.163 e. The molecule has 1 heterocycles. The number of phenolic OH excluding ortho intramolecular Hbond substituents is 1. The van der Waals surface area contributed by atoms with Crippen LogP contribution < -0.4 is 10.1 Å². The van der Waals surface area contributed by atoms with Crippen LogP contribution >= 0.6 is 11.6 Å². The molecule has 1 aliphatic rings. The number of anilines is 2. The summed E-state index contributed by atoms with van der Waals surface area (Å²) in [6.45, 7) is 0. The van der Waals surface area contributed by atoms with Crippen LogP contribution in [0.15, 0.2) is 36.7 Å². The number of fused-ring (bicyclic) bond motifs is 1. The summed E-state index contributed by atoms with van der Waals surface area (Å²) in [7, 11) is 0. The molecule has 0 bridgehead atoms. The number of halogens is 2. The van der Waals surface area contributed by atoms with E-state index in [4.69, 9.17) is 16.3 Å². The highest BCUT2D eigenvalue weighted by Crippen LogP contribution is 2.36. The Kier molecular flexibility index (Phi) is 4.05. The van der Waals surface area contributed by atoms with Gasteiger partial charge in [-0.2, -0.15) is 0 Å². The van der Waals surface area contributed by atoms with E-state index in [-0.39, 0.29) is 16.9 Å². The molecule has 1 fully saturated rings. The lowest BCUT2D eigenvalue weighted by atomic mass is 9.96. The first-order chi connectivity index (χ1) is 12.1. The quantitative estimate of drug-likeness (QED) is 0.700. The van der Waals surface area contributed by atoms with E-state index < -0.39 is 5.82 Å². The van der Waals surface area contributed by atoms with E-state index in [1.54, 1.807) is 18.2 Å². The molecule has 0 aliphatic heterocycles. The Hall–Kier alpha value is -2.60. The molecule has 0 saturated heterocycles. The third-order valence-corrected chi connectivity index (χ3v) is 4.53. The highest BCUT2D eigenvalue weighted by atomic mass is 35.5. The lowest BCUT2D eigenvalue weighted by molar-refractivity contribution is 0.116. The molecule has 4 rings (SSSR count). The van der Waals surface area contributed by atoms with Gasteiger partial charge in [-0.15, -0.1) is 0 Å². The molecule has 2 aromatic carbocycles. The van der Waals surface area contributed by atoms with Crippen LogP contribution in [-0.2, 0) is 0 Å². The summed E-state index contributed by atoms with van der Waals surface area (Å²) >= 11 is 5.81. The van der Waals surface area contributed by atoms with E-state index in [9.17, 15) is 9.50 Å². The molecule has 7 heteroatoms. The maximum absolute atomic E-state index is 13.3. The largest absolute Gasteiger partial charge is 0.504 e. The third-order valence-electron chi connectivity index (χ3n) is 4.24. The van der Waals surface area contributed by atoms with E-state index in [2.05, 4.69) is 15.3 Å². The van der Waals surface area contributed by atoms with Crippen LogP contribution in [0.1, 0.15) is 19.3 Å². The van der Waals surface area contributed by atoms with Gasteiger partial charge in [0.05, 0.1) is 16.6 Å². The van der Waals surface area contributed by atoms with E-state index in [1.807, 2.05) is 0 Å². The summed E-state index contributed by atoms with van der Waals surface area (Å²) in [5, 5.41) is 14.0. The van der Waals surface area contributed by atoms with Crippen molar-refractivity contribution < 1.29 is 14.2 Å². The monoisotopic (exact) mass is 359 g/mol. The van der Waals surface area contributed by atoms with Crippen LogP contribution in [0.5, 0.6) is 11.5 Å². The number of hydrogen-bond donors (Lipinski definition) is 2. The molecular weight excluding hydrogens is 345 g/mol. The highest BCUT2D eigenvalue weighted by molar-refractivity contribution is 6.31. The van der Waals surface area contributed by atoms with Crippen molar-refractivity contribution in [2.24, 2.45) is 0 Å². The molecule has 2 N–H and O–H groups in total. The number of benzene rings is 2. The third kappa shape index (κ3) is 3.17. The number of phenols is 1. The highest BCUT2D eigenvalue weighted by Gasteiger charge is 2.21. The zero-order valence-electron chi connectivity index (χ0n) is 13.2. The zero-order valence-corrected chi connectivity index (χ0v) is 13.9. The van der Waals surface area contributed by atoms with Crippen LogP contribution in [0.4, 0.5) is 15.9 Å². The van der Waals surface area contributed by atoms with Crippen LogP contribution in [0, 0.1) is 5.82 Å². The number of nitrogens with one attached hydrogen (secondary N) is 1. The van der Waals surface area contributed by atoms with Gasteiger partial charge in [-0.05, 0) is 43.5 Å². The molecule has 3 aromatic rings. The van der Waals surface area contributed by atoms with Gasteiger partial charge in [0, 0.05) is 17.1 Å². The molecule has 25 heavy (non-hydrogen) atoms. The Morgan fingerprint density at radius 1 is 1.20 bits per heavy atom. The fourth-order valence-corrected chi connectivity index (χ4v) is 2.83. The number of aromatic hydroxyl groups is 1. The van der Waals surface area contributed by atoms with Crippen molar-refractivity contribution in [2.75, 3.05) is 5.32 Å². The smallest absolute Gasteiger partial charge is 0.163 e. The van der Waals surface area contributed by atoms with Gasteiger partial charge >= 0.3 is 0 Å². The molecular formula is C18H15ClFN3O2. The number of ether oxygens (including phenoxy) is 1. The second kappa shape index (κ2) is 6.37. The van der Waals surface area contributed by atoms with Crippen molar-refractivity contribution in [3.05, 3.63) is 47.5 Å². The number of aromatic nitrogens is 2.